The van der Waals surface area contributed by atoms with E-state index in [4.69, 9.17) is 19.3 Å². The van der Waals surface area contributed by atoms with E-state index < -0.39 is 10.0 Å². The summed E-state index contributed by atoms with van der Waals surface area (Å²) in [5.74, 6) is 2.42. The van der Waals surface area contributed by atoms with Gasteiger partial charge in [0.1, 0.15) is 22.1 Å². The monoisotopic (exact) mass is 788 g/mol. The maximum absolute atomic E-state index is 15.7. The molecule has 0 amide bonds. The minimum atomic E-state index is -4.39. The number of rotatable bonds is 16. The summed E-state index contributed by atoms with van der Waals surface area (Å²) >= 11 is 1.25. The fourth-order valence-electron chi connectivity index (χ4n) is 6.40. The molecule has 7 rings (SSSR count). The molecule has 2 heterocycles. The Kier molecular flexibility index (Phi) is 11.9. The summed E-state index contributed by atoms with van der Waals surface area (Å²) in [6.07, 6.45) is 1.72. The van der Waals surface area contributed by atoms with E-state index in [1.54, 1.807) is 33.6 Å². The van der Waals surface area contributed by atoms with Crippen molar-refractivity contribution in [3.63, 3.8) is 0 Å². The first-order valence-electron chi connectivity index (χ1n) is 17.7. The molecule has 14 heteroatoms. The van der Waals surface area contributed by atoms with Crippen molar-refractivity contribution < 1.29 is 27.7 Å². The van der Waals surface area contributed by atoms with Gasteiger partial charge in [-0.15, -0.1) is 22.0 Å². The zero-order valence-corrected chi connectivity index (χ0v) is 32.7. The quantitative estimate of drug-likeness (QED) is 0.100. The second kappa shape index (κ2) is 17.3. The molecule has 286 valence electrons. The molecule has 0 aliphatic rings. The summed E-state index contributed by atoms with van der Waals surface area (Å²) < 4.78 is 48.9. The molecule has 12 nitrogen and oxygen atoms in total. The van der Waals surface area contributed by atoms with E-state index in [-0.39, 0.29) is 42.7 Å². The van der Waals surface area contributed by atoms with Crippen LogP contribution in [-0.4, -0.2) is 76.7 Å². The Balaban J connectivity index is 1.45. The van der Waals surface area contributed by atoms with Gasteiger partial charge in [-0.25, -0.2) is 8.42 Å². The third kappa shape index (κ3) is 8.38. The van der Waals surface area contributed by atoms with Gasteiger partial charge in [0.25, 0.3) is 0 Å². The number of thioether (sulfide) groups is 1. The van der Waals surface area contributed by atoms with Gasteiger partial charge in [0.2, 0.25) is 15.8 Å². The van der Waals surface area contributed by atoms with Crippen LogP contribution in [0, 0.1) is 0 Å². The first-order chi connectivity index (χ1) is 27.3. The van der Waals surface area contributed by atoms with Crippen LogP contribution in [0.2, 0.25) is 0 Å². The number of pyridine rings is 1. The number of sulfonamides is 1. The first-order valence-corrected chi connectivity index (χ1v) is 20.2. The van der Waals surface area contributed by atoms with Gasteiger partial charge >= 0.3 is 0 Å². The Bertz CT molecular complexity index is 2480. The van der Waals surface area contributed by atoms with Gasteiger partial charge < -0.3 is 19.3 Å². The van der Waals surface area contributed by atoms with Crippen molar-refractivity contribution >= 4 is 32.7 Å². The number of methoxy groups -OCH3 is 3. The summed E-state index contributed by atoms with van der Waals surface area (Å²) in [4.78, 5) is 6.48. The molecule has 56 heavy (non-hydrogen) atoms. The van der Waals surface area contributed by atoms with Crippen LogP contribution < -0.4 is 14.2 Å². The van der Waals surface area contributed by atoms with Crippen LogP contribution in [0.1, 0.15) is 16.7 Å². The average Bonchev–Trinajstić information content (AvgIpc) is 3.71. The Hall–Kier alpha value is -5.80. The lowest BCUT2D eigenvalue weighted by atomic mass is 9.95. The molecule has 0 fully saturated rings. The first kappa shape index (κ1) is 38.5. The molecule has 0 radical (unpaired) electrons. The van der Waals surface area contributed by atoms with Crippen molar-refractivity contribution in [1.82, 2.24) is 29.5 Å². The third-order valence-corrected chi connectivity index (χ3v) is 12.2. The van der Waals surface area contributed by atoms with Gasteiger partial charge in [-0.2, -0.15) is 9.10 Å². The molecule has 0 saturated carbocycles. The molecular formula is C42H40N6O6S2. The lowest BCUT2D eigenvalue weighted by Gasteiger charge is -2.26. The van der Waals surface area contributed by atoms with E-state index in [1.807, 2.05) is 109 Å². The number of aliphatic hydroxyl groups is 1. The van der Waals surface area contributed by atoms with Crippen LogP contribution in [0.4, 0.5) is 0 Å². The fourth-order valence-corrected chi connectivity index (χ4v) is 9.28. The van der Waals surface area contributed by atoms with Crippen LogP contribution in [0.15, 0.2) is 131 Å². The molecule has 0 spiro atoms. The number of tetrazole rings is 1. The van der Waals surface area contributed by atoms with Gasteiger partial charge in [-0.1, -0.05) is 60.7 Å². The van der Waals surface area contributed by atoms with Crippen LogP contribution in [0.3, 0.4) is 0 Å². The van der Waals surface area contributed by atoms with Crippen LogP contribution in [-0.2, 0) is 29.7 Å². The predicted octanol–water partition coefficient (Wildman–Crippen LogP) is 7.10. The maximum Gasteiger partial charge on any atom is 0.245 e. The normalized spacial score (nSPS) is 11.6. The Labute approximate surface area is 329 Å². The van der Waals surface area contributed by atoms with E-state index in [0.29, 0.717) is 27.5 Å². The van der Waals surface area contributed by atoms with E-state index in [2.05, 4.69) is 15.3 Å². The van der Waals surface area contributed by atoms with Gasteiger partial charge in [0.15, 0.2) is 0 Å². The highest BCUT2D eigenvalue weighted by atomic mass is 32.2. The van der Waals surface area contributed by atoms with E-state index >= 15 is 8.42 Å². The van der Waals surface area contributed by atoms with Crippen molar-refractivity contribution in [2.24, 2.45) is 0 Å². The van der Waals surface area contributed by atoms with Crippen LogP contribution >= 0.6 is 11.8 Å². The number of hydrogen-bond acceptors (Lipinski definition) is 11. The number of aliphatic hydroxyl groups excluding tert-OH is 1. The standard InChI is InChI=1S/C42H40N6O6S2/c1-52-32-15-9-29(10-16-32)26-47(27-30-11-17-33(53-2)18-12-30)56(50,51)41-39(55-25-24-49)22-21-37(35-6-4-8-38-36(35)7-5-23-43-38)40(41)42-44-46-48(45-42)28-31-13-19-34(54-3)20-14-31/h4-23,49H,24-28H2,1-3H3. The molecule has 0 saturated heterocycles. The molecule has 0 aliphatic carbocycles. The van der Waals surface area contributed by atoms with E-state index in [1.165, 1.54) is 20.9 Å². The molecule has 0 atom stereocenters. The lowest BCUT2D eigenvalue weighted by molar-refractivity contribution is 0.322. The van der Waals surface area contributed by atoms with Gasteiger partial charge in [0, 0.05) is 35.3 Å². The number of ether oxygens (including phenoxy) is 3. The smallest absolute Gasteiger partial charge is 0.245 e. The highest BCUT2D eigenvalue weighted by molar-refractivity contribution is 8.00. The number of fused-ring (bicyclic) bond motifs is 1. The summed E-state index contributed by atoms with van der Waals surface area (Å²) in [5.41, 5.74) is 4.80. The number of hydrogen-bond donors (Lipinski definition) is 1. The summed E-state index contributed by atoms with van der Waals surface area (Å²) in [7, 11) is 0.393. The predicted molar refractivity (Wildman–Crippen MR) is 216 cm³/mol. The molecule has 5 aromatic carbocycles. The van der Waals surface area contributed by atoms with Crippen molar-refractivity contribution in [3.8, 4) is 39.8 Å². The molecule has 2 aromatic heterocycles. The zero-order chi connectivity index (χ0) is 39.1. The minimum absolute atomic E-state index is 0.0142. The van der Waals surface area contributed by atoms with Gasteiger partial charge in [0.05, 0.1) is 45.6 Å². The van der Waals surface area contributed by atoms with Crippen molar-refractivity contribution in [2.45, 2.75) is 29.4 Å². The van der Waals surface area contributed by atoms with E-state index in [9.17, 15) is 5.11 Å². The topological polar surface area (TPSA) is 142 Å². The highest BCUT2D eigenvalue weighted by Gasteiger charge is 2.34. The van der Waals surface area contributed by atoms with Gasteiger partial charge in [-0.3, -0.25) is 4.98 Å². The largest absolute Gasteiger partial charge is 0.497 e. The van der Waals surface area contributed by atoms with Crippen LogP contribution in [0.25, 0.3) is 33.4 Å². The molecule has 0 unspecified atom stereocenters. The number of aromatic nitrogens is 5. The van der Waals surface area contributed by atoms with Crippen molar-refractivity contribution in [1.29, 1.82) is 0 Å². The van der Waals surface area contributed by atoms with Gasteiger partial charge in [-0.05, 0) is 87.6 Å². The zero-order valence-electron chi connectivity index (χ0n) is 31.1. The Morgan fingerprint density at radius 3 is 1.91 bits per heavy atom. The van der Waals surface area contributed by atoms with E-state index in [0.717, 1.165) is 38.9 Å². The Morgan fingerprint density at radius 2 is 1.32 bits per heavy atom. The molecule has 1 N–H and O–H groups in total. The SMILES string of the molecule is COc1ccc(CN(Cc2ccc(OC)cc2)S(=O)(=O)c2c(SCCO)ccc(-c3cccc4ncccc34)c2-c2nnn(Cc3ccc(OC)cc3)n2)cc1. The summed E-state index contributed by atoms with van der Waals surface area (Å²) in [5, 5.41) is 24.5. The summed E-state index contributed by atoms with van der Waals surface area (Å²) in [6.45, 7) is 0.213. The second-order valence-corrected chi connectivity index (χ2v) is 15.7. The second-order valence-electron chi connectivity index (χ2n) is 12.7. The Morgan fingerprint density at radius 1 is 0.714 bits per heavy atom. The average molecular weight is 789 g/mol. The molecule has 0 aliphatic heterocycles. The molecule has 0 bridgehead atoms. The highest BCUT2D eigenvalue weighted by Crippen LogP contribution is 2.44. The summed E-state index contributed by atoms with van der Waals surface area (Å²) in [6, 6.07) is 35.4. The number of nitrogens with zero attached hydrogens (tertiary/aromatic N) is 6. The lowest BCUT2D eigenvalue weighted by Crippen LogP contribution is -2.31. The minimum Gasteiger partial charge on any atom is -0.497 e. The molecule has 7 aromatic rings. The molecular weight excluding hydrogens is 749 g/mol. The maximum atomic E-state index is 15.7. The van der Waals surface area contributed by atoms with Crippen LogP contribution in [0.5, 0.6) is 17.2 Å². The van der Waals surface area contributed by atoms with Crippen molar-refractivity contribution in [2.75, 3.05) is 33.7 Å². The number of benzene rings is 5. The third-order valence-electron chi connectivity index (χ3n) is 9.20. The fraction of sp³-hybridized carbons (Fsp3) is 0.190. The van der Waals surface area contributed by atoms with Crippen molar-refractivity contribution in [3.05, 3.63) is 138 Å².